The van der Waals surface area contributed by atoms with Crippen molar-refractivity contribution in [2.24, 2.45) is 7.05 Å². The van der Waals surface area contributed by atoms with E-state index in [-0.39, 0.29) is 0 Å². The molecule has 0 bridgehead atoms. The number of hydrogen-bond acceptors (Lipinski definition) is 6. The third kappa shape index (κ3) is 3.27. The Kier molecular flexibility index (Phi) is 4.33. The summed E-state index contributed by atoms with van der Waals surface area (Å²) < 4.78 is 17.9. The van der Waals surface area contributed by atoms with Crippen LogP contribution in [0.25, 0.3) is 34.1 Å². The minimum absolute atomic E-state index is 0.396. The largest absolute Gasteiger partial charge is 0.497 e. The molecule has 27 heavy (non-hydrogen) atoms. The van der Waals surface area contributed by atoms with E-state index in [9.17, 15) is 0 Å². The molecule has 7 nitrogen and oxygen atoms in total. The van der Waals surface area contributed by atoms with Crippen LogP contribution in [-0.2, 0) is 7.05 Å². The topological polar surface area (TPSA) is 75.2 Å². The summed E-state index contributed by atoms with van der Waals surface area (Å²) in [4.78, 5) is 4.54. The van der Waals surface area contributed by atoms with Gasteiger partial charge < -0.3 is 14.0 Å². The van der Waals surface area contributed by atoms with E-state index >= 15 is 0 Å². The summed E-state index contributed by atoms with van der Waals surface area (Å²) >= 11 is 0. The molecule has 0 atom stereocenters. The molecule has 2 heterocycles. The van der Waals surface area contributed by atoms with E-state index in [1.54, 1.807) is 26.5 Å². The van der Waals surface area contributed by atoms with Crippen LogP contribution in [0, 0.1) is 0 Å². The highest BCUT2D eigenvalue weighted by Gasteiger charge is 2.14. The quantitative estimate of drug-likeness (QED) is 0.537. The molecular weight excluding hydrogens is 344 g/mol. The summed E-state index contributed by atoms with van der Waals surface area (Å²) in [6.07, 6.45) is 1.77. The molecule has 136 valence electrons. The molecule has 0 saturated heterocycles. The Balaban J connectivity index is 1.71. The summed E-state index contributed by atoms with van der Waals surface area (Å²) in [5.74, 6) is 2.22. The second-order valence-corrected chi connectivity index (χ2v) is 5.95. The molecule has 0 aliphatic rings. The van der Waals surface area contributed by atoms with Crippen molar-refractivity contribution in [3.63, 3.8) is 0 Å². The summed E-state index contributed by atoms with van der Waals surface area (Å²) in [7, 11) is 5.11. The van der Waals surface area contributed by atoms with Gasteiger partial charge in [0.15, 0.2) is 0 Å². The van der Waals surface area contributed by atoms with Gasteiger partial charge in [-0.1, -0.05) is 23.4 Å². The van der Waals surface area contributed by atoms with Gasteiger partial charge >= 0.3 is 0 Å². The standard InChI is InChI=1S/C20H18N4O3/c1-24-18(7-8-21-24)13-5-4-6-14(9-13)19-22-20(27-23-19)15-10-16(25-2)12-17(11-15)26-3/h4-12H,1-3H3. The van der Waals surface area contributed by atoms with Crippen LogP contribution in [0.4, 0.5) is 0 Å². The fourth-order valence-corrected chi connectivity index (χ4v) is 2.86. The minimum atomic E-state index is 0.396. The van der Waals surface area contributed by atoms with Gasteiger partial charge in [0.2, 0.25) is 5.82 Å². The first kappa shape index (κ1) is 16.8. The summed E-state index contributed by atoms with van der Waals surface area (Å²) in [5.41, 5.74) is 3.63. The van der Waals surface area contributed by atoms with E-state index in [4.69, 9.17) is 14.0 Å². The van der Waals surface area contributed by atoms with Gasteiger partial charge in [-0.05, 0) is 24.3 Å². The van der Waals surface area contributed by atoms with E-state index in [1.807, 2.05) is 54.2 Å². The third-order valence-electron chi connectivity index (χ3n) is 4.26. The number of ether oxygens (including phenoxy) is 2. The molecule has 4 rings (SSSR count). The second-order valence-electron chi connectivity index (χ2n) is 5.95. The Hall–Kier alpha value is -3.61. The molecule has 2 aromatic carbocycles. The molecule has 0 fully saturated rings. The zero-order chi connectivity index (χ0) is 18.8. The van der Waals surface area contributed by atoms with Crippen LogP contribution in [-0.4, -0.2) is 34.1 Å². The first-order chi connectivity index (χ1) is 13.2. The van der Waals surface area contributed by atoms with Gasteiger partial charge in [0.05, 0.1) is 19.9 Å². The summed E-state index contributed by atoms with van der Waals surface area (Å²) in [6, 6.07) is 15.3. The first-order valence-corrected chi connectivity index (χ1v) is 8.34. The molecule has 0 radical (unpaired) electrons. The predicted molar refractivity (Wildman–Crippen MR) is 100 cm³/mol. The van der Waals surface area contributed by atoms with Gasteiger partial charge in [-0.15, -0.1) is 0 Å². The molecular formula is C20H18N4O3. The lowest BCUT2D eigenvalue weighted by molar-refractivity contribution is 0.393. The Labute approximate surface area is 156 Å². The van der Waals surface area contributed by atoms with Crippen molar-refractivity contribution >= 4 is 0 Å². The van der Waals surface area contributed by atoms with Crippen molar-refractivity contribution in [2.75, 3.05) is 14.2 Å². The lowest BCUT2D eigenvalue weighted by atomic mass is 10.1. The molecule has 2 aromatic heterocycles. The molecule has 0 aliphatic carbocycles. The average molecular weight is 362 g/mol. The normalized spacial score (nSPS) is 10.8. The zero-order valence-corrected chi connectivity index (χ0v) is 15.2. The van der Waals surface area contributed by atoms with Crippen molar-refractivity contribution in [3.8, 4) is 45.6 Å². The smallest absolute Gasteiger partial charge is 0.258 e. The van der Waals surface area contributed by atoms with E-state index in [2.05, 4.69) is 15.2 Å². The number of methoxy groups -OCH3 is 2. The molecule has 0 saturated carbocycles. The van der Waals surface area contributed by atoms with E-state index in [1.165, 1.54) is 0 Å². The van der Waals surface area contributed by atoms with Gasteiger partial charge in [-0.3, -0.25) is 4.68 Å². The Morgan fingerprint density at radius 1 is 0.889 bits per heavy atom. The highest BCUT2D eigenvalue weighted by molar-refractivity contribution is 5.69. The van der Waals surface area contributed by atoms with Gasteiger partial charge in [0.1, 0.15) is 11.5 Å². The highest BCUT2D eigenvalue weighted by atomic mass is 16.5. The van der Waals surface area contributed by atoms with E-state index < -0.39 is 0 Å². The van der Waals surface area contributed by atoms with Gasteiger partial charge in [-0.25, -0.2) is 0 Å². The van der Waals surface area contributed by atoms with Crippen LogP contribution in [0.15, 0.2) is 59.3 Å². The van der Waals surface area contributed by atoms with Gasteiger partial charge in [0.25, 0.3) is 5.89 Å². The number of nitrogens with zero attached hydrogens (tertiary/aromatic N) is 4. The molecule has 4 aromatic rings. The predicted octanol–water partition coefficient (Wildman–Crippen LogP) is 3.82. The molecule has 0 aliphatic heterocycles. The van der Waals surface area contributed by atoms with E-state index in [0.717, 1.165) is 22.4 Å². The second kappa shape index (κ2) is 6.95. The maximum atomic E-state index is 5.47. The van der Waals surface area contributed by atoms with Crippen LogP contribution in [0.2, 0.25) is 0 Å². The van der Waals surface area contributed by atoms with Crippen molar-refractivity contribution in [2.45, 2.75) is 0 Å². The maximum Gasteiger partial charge on any atom is 0.258 e. The maximum absolute atomic E-state index is 5.47. The van der Waals surface area contributed by atoms with Gasteiger partial charge in [-0.2, -0.15) is 10.1 Å². The zero-order valence-electron chi connectivity index (χ0n) is 15.2. The average Bonchev–Trinajstić information content (AvgIpc) is 3.37. The molecule has 0 spiro atoms. The number of benzene rings is 2. The Morgan fingerprint density at radius 2 is 1.63 bits per heavy atom. The van der Waals surface area contributed by atoms with E-state index in [0.29, 0.717) is 23.2 Å². The molecule has 0 unspecified atom stereocenters. The number of rotatable bonds is 5. The van der Waals surface area contributed by atoms with Gasteiger partial charge in [0, 0.05) is 36.0 Å². The van der Waals surface area contributed by atoms with Crippen LogP contribution >= 0.6 is 0 Å². The van der Waals surface area contributed by atoms with Crippen molar-refractivity contribution in [1.82, 2.24) is 19.9 Å². The van der Waals surface area contributed by atoms with Crippen molar-refractivity contribution in [3.05, 3.63) is 54.7 Å². The monoisotopic (exact) mass is 362 g/mol. The van der Waals surface area contributed by atoms with Crippen LogP contribution in [0.3, 0.4) is 0 Å². The number of aromatic nitrogens is 4. The number of aryl methyl sites for hydroxylation is 1. The molecule has 7 heteroatoms. The lowest BCUT2D eigenvalue weighted by Gasteiger charge is -2.05. The van der Waals surface area contributed by atoms with Crippen molar-refractivity contribution < 1.29 is 14.0 Å². The highest BCUT2D eigenvalue weighted by Crippen LogP contribution is 2.31. The first-order valence-electron chi connectivity index (χ1n) is 8.34. The Bertz CT molecular complexity index is 1060. The molecule has 0 amide bonds. The number of hydrogen-bond donors (Lipinski definition) is 0. The Morgan fingerprint density at radius 3 is 2.30 bits per heavy atom. The molecule has 0 N–H and O–H groups in total. The van der Waals surface area contributed by atoms with Crippen LogP contribution < -0.4 is 9.47 Å². The SMILES string of the molecule is COc1cc(OC)cc(-c2nc(-c3cccc(-c4ccnn4C)c3)no2)c1. The fraction of sp³-hybridized carbons (Fsp3) is 0.150. The van der Waals surface area contributed by atoms with Crippen LogP contribution in [0.5, 0.6) is 11.5 Å². The summed E-state index contributed by atoms with van der Waals surface area (Å²) in [6.45, 7) is 0. The van der Waals surface area contributed by atoms with Crippen molar-refractivity contribution in [1.29, 1.82) is 0 Å². The lowest BCUT2D eigenvalue weighted by Crippen LogP contribution is -1.93. The van der Waals surface area contributed by atoms with Crippen LogP contribution in [0.1, 0.15) is 0 Å². The minimum Gasteiger partial charge on any atom is -0.497 e. The summed E-state index contributed by atoms with van der Waals surface area (Å²) in [5, 5.41) is 8.34. The fourth-order valence-electron chi connectivity index (χ4n) is 2.86. The third-order valence-corrected chi connectivity index (χ3v) is 4.26.